The fourth-order valence-electron chi connectivity index (χ4n) is 4.43. The Bertz CT molecular complexity index is 679. The molecule has 1 aliphatic carbocycles. The Balaban J connectivity index is 2.21. The first-order chi connectivity index (χ1) is 14.5. The summed E-state index contributed by atoms with van der Waals surface area (Å²) in [4.78, 5) is 16.8. The Labute approximate surface area is 183 Å². The maximum atomic E-state index is 12.5. The van der Waals surface area contributed by atoms with Crippen LogP contribution in [0.25, 0.3) is 0 Å². The van der Waals surface area contributed by atoms with E-state index in [1.54, 1.807) is 0 Å². The molecule has 0 bridgehead atoms. The largest absolute Gasteiger partial charge is 0.491 e. The second kappa shape index (κ2) is 11.9. The summed E-state index contributed by atoms with van der Waals surface area (Å²) in [5.74, 6) is 2.31. The molecule has 168 valence electrons. The van der Waals surface area contributed by atoms with Gasteiger partial charge in [0, 0.05) is 38.9 Å². The van der Waals surface area contributed by atoms with Gasteiger partial charge in [-0.2, -0.15) is 0 Å². The highest BCUT2D eigenvalue weighted by Crippen LogP contribution is 2.31. The lowest BCUT2D eigenvalue weighted by atomic mass is 9.80. The zero-order valence-electron chi connectivity index (χ0n) is 19.6. The van der Waals surface area contributed by atoms with Crippen LogP contribution < -0.4 is 15.0 Å². The number of rotatable bonds is 12. The van der Waals surface area contributed by atoms with Crippen molar-refractivity contribution >= 4 is 12.0 Å². The molecule has 1 unspecified atom stereocenters. The fraction of sp³-hybridized carbons (Fsp3) is 0.640. The normalized spacial score (nSPS) is 17.2. The highest BCUT2D eigenvalue weighted by Gasteiger charge is 2.35. The first-order valence-electron chi connectivity index (χ1n) is 11.5. The summed E-state index contributed by atoms with van der Waals surface area (Å²) in [5.41, 5.74) is 0.413. The summed E-state index contributed by atoms with van der Waals surface area (Å²) >= 11 is 0. The molecule has 0 spiro atoms. The number of anilines is 1. The van der Waals surface area contributed by atoms with Gasteiger partial charge in [0.05, 0.1) is 5.82 Å². The van der Waals surface area contributed by atoms with E-state index in [-0.39, 0.29) is 0 Å². The Kier molecular flexibility index (Phi) is 9.54. The summed E-state index contributed by atoms with van der Waals surface area (Å²) in [6.45, 7) is 8.53. The summed E-state index contributed by atoms with van der Waals surface area (Å²) in [5, 5.41) is 3.53. The Hall–Kier alpha value is -2.17. The maximum Gasteiger partial charge on any atom is 0.148 e. The zero-order chi connectivity index (χ0) is 22.0. The van der Waals surface area contributed by atoms with Crippen molar-refractivity contribution in [2.24, 2.45) is 5.92 Å². The smallest absolute Gasteiger partial charge is 0.148 e. The van der Waals surface area contributed by atoms with Crippen LogP contribution >= 0.6 is 0 Å². The number of hydrogen-bond donors (Lipinski definition) is 1. The number of hydrogen-bond acceptors (Lipinski definition) is 5. The lowest BCUT2D eigenvalue weighted by molar-refractivity contribution is -0.115. The van der Waals surface area contributed by atoms with E-state index in [1.807, 2.05) is 44.1 Å². The predicted octanol–water partition coefficient (Wildman–Crippen LogP) is 4.83. The van der Waals surface area contributed by atoms with Crippen LogP contribution in [-0.2, 0) is 4.79 Å². The van der Waals surface area contributed by atoms with Crippen LogP contribution in [0.15, 0.2) is 36.2 Å². The third kappa shape index (κ3) is 6.68. The molecule has 1 fully saturated rings. The van der Waals surface area contributed by atoms with Crippen molar-refractivity contribution < 1.29 is 9.53 Å². The zero-order valence-corrected chi connectivity index (χ0v) is 19.6. The van der Waals surface area contributed by atoms with Gasteiger partial charge in [0.2, 0.25) is 0 Å². The van der Waals surface area contributed by atoms with Crippen molar-refractivity contribution in [2.45, 2.75) is 64.8 Å². The van der Waals surface area contributed by atoms with Gasteiger partial charge in [-0.3, -0.25) is 0 Å². The van der Waals surface area contributed by atoms with Gasteiger partial charge >= 0.3 is 0 Å². The summed E-state index contributed by atoms with van der Waals surface area (Å²) < 4.78 is 6.24. The molecule has 0 aromatic heterocycles. The van der Waals surface area contributed by atoms with Crippen LogP contribution in [0, 0.1) is 5.92 Å². The van der Waals surface area contributed by atoms with Crippen molar-refractivity contribution in [1.82, 2.24) is 10.2 Å². The SMILES string of the molecule is C/C=C(\NC(C=O)(COc1cccc(N(CC)CC)c1)CC1CCCCC1)N(C)C. The summed E-state index contributed by atoms with van der Waals surface area (Å²) in [6.07, 6.45) is 10.1. The highest BCUT2D eigenvalue weighted by atomic mass is 16.5. The highest BCUT2D eigenvalue weighted by molar-refractivity contribution is 5.65. The van der Waals surface area contributed by atoms with Gasteiger partial charge in [-0.1, -0.05) is 38.2 Å². The van der Waals surface area contributed by atoms with Crippen LogP contribution in [0.1, 0.15) is 59.3 Å². The first-order valence-corrected chi connectivity index (χ1v) is 11.5. The van der Waals surface area contributed by atoms with Gasteiger partial charge in [-0.25, -0.2) is 0 Å². The van der Waals surface area contributed by atoms with E-state index in [2.05, 4.69) is 36.2 Å². The topological polar surface area (TPSA) is 44.8 Å². The Morgan fingerprint density at radius 3 is 2.47 bits per heavy atom. The molecule has 30 heavy (non-hydrogen) atoms. The van der Waals surface area contributed by atoms with Gasteiger partial charge in [0.25, 0.3) is 0 Å². The molecular weight excluding hydrogens is 374 g/mol. The number of carbonyl (C=O) groups excluding carboxylic acids is 1. The molecule has 0 saturated heterocycles. The van der Waals surface area contributed by atoms with Crippen LogP contribution in [0.4, 0.5) is 5.69 Å². The van der Waals surface area contributed by atoms with Crippen molar-refractivity contribution in [3.63, 3.8) is 0 Å². The lowest BCUT2D eigenvalue weighted by Crippen LogP contribution is -2.54. The van der Waals surface area contributed by atoms with Gasteiger partial charge < -0.3 is 24.6 Å². The van der Waals surface area contributed by atoms with E-state index in [0.717, 1.165) is 43.1 Å². The van der Waals surface area contributed by atoms with E-state index in [9.17, 15) is 4.79 Å². The van der Waals surface area contributed by atoms with Crippen molar-refractivity contribution in [3.05, 3.63) is 36.2 Å². The Morgan fingerprint density at radius 2 is 1.90 bits per heavy atom. The van der Waals surface area contributed by atoms with Crippen LogP contribution in [-0.4, -0.2) is 50.5 Å². The molecule has 1 atom stereocenters. The molecule has 0 radical (unpaired) electrons. The maximum absolute atomic E-state index is 12.5. The molecule has 2 rings (SSSR count). The van der Waals surface area contributed by atoms with E-state index in [4.69, 9.17) is 4.74 Å². The number of aldehydes is 1. The Morgan fingerprint density at radius 1 is 1.20 bits per heavy atom. The third-order valence-corrected chi connectivity index (χ3v) is 6.18. The van der Waals surface area contributed by atoms with Crippen LogP contribution in [0.3, 0.4) is 0 Å². The second-order valence-electron chi connectivity index (χ2n) is 8.63. The minimum Gasteiger partial charge on any atom is -0.491 e. The van der Waals surface area contributed by atoms with E-state index in [0.29, 0.717) is 12.5 Å². The number of ether oxygens (including phenoxy) is 1. The fourth-order valence-corrected chi connectivity index (χ4v) is 4.43. The van der Waals surface area contributed by atoms with Crippen LogP contribution in [0.5, 0.6) is 5.75 Å². The van der Waals surface area contributed by atoms with Gasteiger partial charge in [-0.15, -0.1) is 0 Å². The van der Waals surface area contributed by atoms with Crippen molar-refractivity contribution in [3.8, 4) is 5.75 Å². The number of benzene rings is 1. The molecule has 5 heteroatoms. The molecule has 1 aromatic carbocycles. The van der Waals surface area contributed by atoms with E-state index < -0.39 is 5.54 Å². The molecule has 1 saturated carbocycles. The second-order valence-corrected chi connectivity index (χ2v) is 8.63. The van der Waals surface area contributed by atoms with Crippen LogP contribution in [0.2, 0.25) is 0 Å². The lowest BCUT2D eigenvalue weighted by Gasteiger charge is -2.37. The first kappa shape index (κ1) is 24.1. The minimum absolute atomic E-state index is 0.319. The molecular formula is C25H41N3O2. The van der Waals surface area contributed by atoms with Crippen molar-refractivity contribution in [1.29, 1.82) is 0 Å². The van der Waals surface area contributed by atoms with E-state index >= 15 is 0 Å². The molecule has 0 aliphatic heterocycles. The number of carbonyl (C=O) groups is 1. The van der Waals surface area contributed by atoms with E-state index in [1.165, 1.54) is 32.1 Å². The standard InChI is InChI=1S/C25H41N3O2/c1-6-24(27(4)5)26-25(19-29,18-21-13-10-9-11-14-21)20-30-23-16-12-15-22(17-23)28(7-2)8-3/h6,12,15-17,19,21,26H,7-11,13-14,18,20H2,1-5H3/b24-6+. The molecule has 5 nitrogen and oxygen atoms in total. The predicted molar refractivity (Wildman–Crippen MR) is 126 cm³/mol. The molecule has 1 N–H and O–H groups in total. The van der Waals surface area contributed by atoms with Gasteiger partial charge in [-0.05, 0) is 51.3 Å². The molecule has 1 aromatic rings. The number of nitrogens with zero attached hydrogens (tertiary/aromatic N) is 2. The average Bonchev–Trinajstić information content (AvgIpc) is 2.77. The van der Waals surface area contributed by atoms with Gasteiger partial charge in [0.1, 0.15) is 24.2 Å². The van der Waals surface area contributed by atoms with Gasteiger partial charge in [0.15, 0.2) is 0 Å². The summed E-state index contributed by atoms with van der Waals surface area (Å²) in [6, 6.07) is 8.19. The molecule has 0 heterocycles. The minimum atomic E-state index is -0.737. The quantitative estimate of drug-likeness (QED) is 0.495. The number of nitrogens with one attached hydrogen (secondary N) is 1. The summed E-state index contributed by atoms with van der Waals surface area (Å²) in [7, 11) is 3.99. The molecule has 1 aliphatic rings. The average molecular weight is 416 g/mol. The van der Waals surface area contributed by atoms with Crippen molar-refractivity contribution in [2.75, 3.05) is 38.7 Å². The third-order valence-electron chi connectivity index (χ3n) is 6.18. The monoisotopic (exact) mass is 415 g/mol. The number of allylic oxidation sites excluding steroid dienone is 1. The molecule has 0 amide bonds.